The topological polar surface area (TPSA) is 120 Å². The minimum absolute atomic E-state index is 0.0817. The molecule has 0 radical (unpaired) electrons. The monoisotopic (exact) mass is 605 g/mol. The first kappa shape index (κ1) is 29.0. The van der Waals surface area contributed by atoms with Crippen molar-refractivity contribution < 1.29 is 14.6 Å². The van der Waals surface area contributed by atoms with Gasteiger partial charge in [0.25, 0.3) is 5.56 Å². The zero-order valence-electron chi connectivity index (χ0n) is 26.5. The molecule has 2 aromatic carbocycles. The van der Waals surface area contributed by atoms with Gasteiger partial charge >= 0.3 is 5.97 Å². The van der Waals surface area contributed by atoms with Crippen molar-refractivity contribution in [1.82, 2.24) is 14.0 Å². The Labute approximate surface area is 261 Å². The molecule has 0 saturated heterocycles. The number of anilines is 2. The molecule has 0 fully saturated rings. The van der Waals surface area contributed by atoms with Crippen LogP contribution in [0.5, 0.6) is 0 Å². The zero-order valence-corrected chi connectivity index (χ0v) is 26.5. The van der Waals surface area contributed by atoms with E-state index in [1.54, 1.807) is 17.6 Å². The zero-order chi connectivity index (χ0) is 32.0. The van der Waals surface area contributed by atoms with E-state index in [1.165, 1.54) is 0 Å². The molecule has 0 bridgehead atoms. The van der Waals surface area contributed by atoms with Gasteiger partial charge in [0, 0.05) is 53.0 Å². The summed E-state index contributed by atoms with van der Waals surface area (Å²) in [5.74, 6) is -0.746. The van der Waals surface area contributed by atoms with E-state index < -0.39 is 11.6 Å². The molecular weight excluding hydrogens is 568 g/mol. The number of ether oxygens (including phenoxy) is 1. The first-order valence-corrected chi connectivity index (χ1v) is 15.4. The summed E-state index contributed by atoms with van der Waals surface area (Å²) in [4.78, 5) is 33.6. The molecule has 10 heteroatoms. The van der Waals surface area contributed by atoms with Gasteiger partial charge in [0.15, 0.2) is 11.3 Å². The van der Waals surface area contributed by atoms with Gasteiger partial charge in [0.05, 0.1) is 48.8 Å². The van der Waals surface area contributed by atoms with Crippen LogP contribution in [-0.2, 0) is 41.4 Å². The lowest BCUT2D eigenvalue weighted by atomic mass is 9.86. The molecule has 0 aliphatic carbocycles. The van der Waals surface area contributed by atoms with Gasteiger partial charge < -0.3 is 24.6 Å². The molecule has 45 heavy (non-hydrogen) atoms. The van der Waals surface area contributed by atoms with Crippen molar-refractivity contribution in [3.63, 3.8) is 0 Å². The maximum absolute atomic E-state index is 13.8. The van der Waals surface area contributed by atoms with Gasteiger partial charge in [-0.3, -0.25) is 9.28 Å². The van der Waals surface area contributed by atoms with E-state index >= 15 is 0 Å². The molecule has 0 unspecified atom stereocenters. The highest BCUT2D eigenvalue weighted by Gasteiger charge is 2.46. The summed E-state index contributed by atoms with van der Waals surface area (Å²) in [6.07, 6.45) is 0.0817. The molecule has 0 saturated carbocycles. The van der Waals surface area contributed by atoms with Crippen LogP contribution in [-0.4, -0.2) is 47.8 Å². The number of rotatable bonds is 6. The first-order chi connectivity index (χ1) is 21.4. The van der Waals surface area contributed by atoms with Gasteiger partial charge in [-0.1, -0.05) is 19.1 Å². The Morgan fingerprint density at radius 1 is 1.13 bits per heavy atom. The predicted molar refractivity (Wildman–Crippen MR) is 174 cm³/mol. The number of fused-ring (bicyclic) bond motifs is 5. The number of quaternary nitrogens is 1. The molecule has 3 aliphatic heterocycles. The van der Waals surface area contributed by atoms with Crippen molar-refractivity contribution in [3.8, 4) is 17.5 Å². The summed E-state index contributed by atoms with van der Waals surface area (Å²) in [6, 6.07) is 14.9. The van der Waals surface area contributed by atoms with Gasteiger partial charge in [-0.2, -0.15) is 5.26 Å². The Morgan fingerprint density at radius 3 is 2.53 bits per heavy atom. The van der Waals surface area contributed by atoms with Crippen LogP contribution >= 0.6 is 0 Å². The van der Waals surface area contributed by atoms with Crippen LogP contribution < -0.4 is 20.3 Å². The minimum Gasteiger partial charge on any atom is -0.458 e. The number of hydrogen-bond donors (Lipinski definition) is 2. The lowest BCUT2D eigenvalue weighted by Gasteiger charge is -2.32. The van der Waals surface area contributed by atoms with Crippen LogP contribution in [0.1, 0.15) is 60.6 Å². The highest BCUT2D eigenvalue weighted by molar-refractivity contribution is 6.05. The number of cyclic esters (lactones) is 1. The fourth-order valence-corrected chi connectivity index (χ4v) is 7.53. The molecule has 3 aliphatic rings. The molecule has 4 aromatic rings. The summed E-state index contributed by atoms with van der Waals surface area (Å²) in [5.41, 5.74) is 7.06. The third-order valence-corrected chi connectivity index (χ3v) is 9.51. The molecule has 2 N–H and O–H groups in total. The van der Waals surface area contributed by atoms with E-state index in [0.717, 1.165) is 39.1 Å². The second-order valence-electron chi connectivity index (χ2n) is 13.3. The van der Waals surface area contributed by atoms with Crippen LogP contribution in [0, 0.1) is 11.3 Å². The number of nitrogens with one attached hydrogen (secondary N) is 1. The lowest BCUT2D eigenvalue weighted by Crippen LogP contribution is -2.44. The minimum atomic E-state index is -1.89. The van der Waals surface area contributed by atoms with Crippen molar-refractivity contribution >= 4 is 33.9 Å². The first-order valence-electron chi connectivity index (χ1n) is 15.4. The quantitative estimate of drug-likeness (QED) is 0.215. The van der Waals surface area contributed by atoms with Crippen LogP contribution in [0.3, 0.4) is 0 Å². The smallest absolute Gasteiger partial charge is 0.343 e. The molecular formula is C35H37N6O4+. The van der Waals surface area contributed by atoms with Crippen LogP contribution in [0.4, 0.5) is 17.1 Å². The van der Waals surface area contributed by atoms with Gasteiger partial charge in [-0.15, -0.1) is 0 Å². The standard InChI is InChI=1S/C35H37N6O4/c1-7-35(44)26-13-28-30-24(16-40(28)33(42)25(26)18-45-34(35)43)31-29-23(15-39(31)4)32(21(14-36)12-27(29)38-30)41(5,6)17-20-8-10-22(11-9-20)37-19(2)3/h8-13,19,37,44H,7,15-18H2,1-6H3/q+1/t35-/m0/s1. The van der Waals surface area contributed by atoms with Crippen molar-refractivity contribution in [3.05, 3.63) is 80.1 Å². The number of nitriles is 1. The average Bonchev–Trinajstić information content (AvgIpc) is 3.54. The normalized spacial score (nSPS) is 18.1. The number of hydrogen-bond acceptors (Lipinski definition) is 8. The maximum atomic E-state index is 13.8. The molecule has 10 nitrogen and oxygen atoms in total. The van der Waals surface area contributed by atoms with E-state index in [4.69, 9.17) is 9.72 Å². The summed E-state index contributed by atoms with van der Waals surface area (Å²) < 4.78 is 7.38. The summed E-state index contributed by atoms with van der Waals surface area (Å²) in [7, 11) is 6.30. The summed E-state index contributed by atoms with van der Waals surface area (Å²) in [5, 5.41) is 26.1. The maximum Gasteiger partial charge on any atom is 0.343 e. The Morgan fingerprint density at radius 2 is 1.87 bits per heavy atom. The van der Waals surface area contributed by atoms with Crippen LogP contribution in [0.15, 0.2) is 41.2 Å². The second-order valence-corrected chi connectivity index (χ2v) is 13.3. The molecule has 0 spiro atoms. The third-order valence-electron chi connectivity index (χ3n) is 9.51. The molecule has 7 rings (SSSR count). The molecule has 1 atom stereocenters. The van der Waals surface area contributed by atoms with Gasteiger partial charge in [-0.25, -0.2) is 9.78 Å². The highest BCUT2D eigenvalue weighted by Crippen LogP contribution is 2.50. The Kier molecular flexibility index (Phi) is 6.38. The average molecular weight is 606 g/mol. The van der Waals surface area contributed by atoms with E-state index in [9.17, 15) is 20.0 Å². The van der Waals surface area contributed by atoms with E-state index in [0.29, 0.717) is 58.2 Å². The number of benzene rings is 2. The van der Waals surface area contributed by atoms with Gasteiger partial charge in [-0.05, 0) is 44.5 Å². The van der Waals surface area contributed by atoms with E-state index in [2.05, 4.69) is 68.5 Å². The number of carbonyl (C=O) groups excluding carboxylic acids is 1. The van der Waals surface area contributed by atoms with Gasteiger partial charge in [0.2, 0.25) is 0 Å². The fourth-order valence-electron chi connectivity index (χ4n) is 7.53. The summed E-state index contributed by atoms with van der Waals surface area (Å²) in [6.45, 7) is 7.37. The second kappa shape index (κ2) is 9.89. The van der Waals surface area contributed by atoms with Crippen LogP contribution in [0.2, 0.25) is 0 Å². The van der Waals surface area contributed by atoms with E-state index in [1.807, 2.05) is 13.1 Å². The highest BCUT2D eigenvalue weighted by atomic mass is 16.6. The number of carbonyl (C=O) groups is 1. The Balaban J connectivity index is 1.38. The SMILES string of the molecule is CC[C@@]1(O)C(=O)OCc2c1cc1n(c2=O)Cc2c-1nc1cc(C#N)c([N+](C)(C)Cc3ccc(NC(C)C)cc3)c3c1c2N(C)C3. The number of aromatic nitrogens is 2. The lowest BCUT2D eigenvalue weighted by molar-refractivity contribution is -0.172. The molecule has 0 amide bonds. The van der Waals surface area contributed by atoms with Crippen molar-refractivity contribution in [2.24, 2.45) is 0 Å². The number of aliphatic hydroxyl groups is 1. The van der Waals surface area contributed by atoms with Crippen LogP contribution in [0.25, 0.3) is 22.3 Å². The summed E-state index contributed by atoms with van der Waals surface area (Å²) >= 11 is 0. The fraction of sp³-hybridized carbons (Fsp3) is 0.371. The van der Waals surface area contributed by atoms with Crippen molar-refractivity contribution in [1.29, 1.82) is 5.26 Å². The molecule has 230 valence electrons. The van der Waals surface area contributed by atoms with E-state index in [-0.39, 0.29) is 24.2 Å². The third kappa shape index (κ3) is 4.18. The Hall–Kier alpha value is -4.72. The molecule has 5 heterocycles. The number of nitrogens with zero attached hydrogens (tertiary/aromatic N) is 5. The Bertz CT molecular complexity index is 2040. The number of pyridine rings is 2. The molecule has 2 aromatic heterocycles. The van der Waals surface area contributed by atoms with Crippen molar-refractivity contribution in [2.75, 3.05) is 31.4 Å². The largest absolute Gasteiger partial charge is 0.458 e. The van der Waals surface area contributed by atoms with Crippen molar-refractivity contribution in [2.45, 2.75) is 65.1 Å². The number of esters is 1. The van der Waals surface area contributed by atoms with Gasteiger partial charge in [0.1, 0.15) is 24.8 Å². The predicted octanol–water partition coefficient (Wildman–Crippen LogP) is 4.49.